The molecule has 130 valence electrons. The van der Waals surface area contributed by atoms with Crippen LogP contribution in [0.15, 0.2) is 53.2 Å². The minimum Gasteiger partial charge on any atom is -0.312 e. The van der Waals surface area contributed by atoms with Crippen molar-refractivity contribution in [3.8, 4) is 0 Å². The monoisotopic (exact) mass is 397 g/mol. The lowest BCUT2D eigenvalue weighted by molar-refractivity contribution is 0.195. The van der Waals surface area contributed by atoms with Crippen molar-refractivity contribution in [2.45, 2.75) is 12.5 Å². The lowest BCUT2D eigenvalue weighted by Crippen LogP contribution is -2.42. The molecule has 4 nitrogen and oxygen atoms in total. The number of thiazole rings is 1. The van der Waals surface area contributed by atoms with Crippen LogP contribution < -0.4 is 5.32 Å². The molecular formula is C19H15N3OS3. The van der Waals surface area contributed by atoms with Gasteiger partial charge in [0.25, 0.3) is 0 Å². The molecule has 1 aliphatic heterocycles. The number of anilines is 1. The first kappa shape index (κ1) is 16.0. The first-order valence-electron chi connectivity index (χ1n) is 8.32. The van der Waals surface area contributed by atoms with Crippen molar-refractivity contribution >= 4 is 55.4 Å². The maximum absolute atomic E-state index is 13.1. The van der Waals surface area contributed by atoms with Gasteiger partial charge in [-0.3, -0.25) is 5.32 Å². The highest BCUT2D eigenvalue weighted by atomic mass is 32.1. The normalized spacial score (nSPS) is 16.6. The van der Waals surface area contributed by atoms with Gasteiger partial charge in [0.05, 0.1) is 16.3 Å². The second kappa shape index (κ2) is 6.50. The third kappa shape index (κ3) is 2.72. The SMILES string of the molecule is O=C(Nc1nc2ccccc2s1)N1CCc2sccc2C1c1cccs1. The minimum absolute atomic E-state index is 0.0145. The van der Waals surface area contributed by atoms with E-state index in [1.807, 2.05) is 35.2 Å². The predicted octanol–water partition coefficient (Wildman–Crippen LogP) is 5.60. The van der Waals surface area contributed by atoms with E-state index in [1.165, 1.54) is 26.7 Å². The maximum Gasteiger partial charge on any atom is 0.324 e. The fourth-order valence-corrected chi connectivity index (χ4v) is 5.99. The van der Waals surface area contributed by atoms with Gasteiger partial charge in [-0.15, -0.1) is 22.7 Å². The molecule has 2 amide bonds. The number of para-hydroxylation sites is 1. The molecule has 0 saturated heterocycles. The Kier molecular flexibility index (Phi) is 4.00. The van der Waals surface area contributed by atoms with Crippen LogP contribution in [-0.2, 0) is 6.42 Å². The van der Waals surface area contributed by atoms with Gasteiger partial charge in [-0.05, 0) is 47.0 Å². The van der Waals surface area contributed by atoms with Gasteiger partial charge >= 0.3 is 6.03 Å². The molecule has 1 N–H and O–H groups in total. The zero-order valence-electron chi connectivity index (χ0n) is 13.7. The van der Waals surface area contributed by atoms with Crippen LogP contribution in [0, 0.1) is 0 Å². The highest BCUT2D eigenvalue weighted by Gasteiger charge is 2.33. The summed E-state index contributed by atoms with van der Waals surface area (Å²) < 4.78 is 1.08. The van der Waals surface area contributed by atoms with E-state index in [2.05, 4.69) is 33.2 Å². The molecule has 0 bridgehead atoms. The molecule has 0 aliphatic carbocycles. The third-order valence-corrected chi connectivity index (χ3v) is 7.42. The summed E-state index contributed by atoms with van der Waals surface area (Å²) in [6.07, 6.45) is 0.905. The first-order valence-corrected chi connectivity index (χ1v) is 10.9. The summed E-state index contributed by atoms with van der Waals surface area (Å²) in [5.74, 6) is 0. The van der Waals surface area contributed by atoms with Crippen molar-refractivity contribution in [1.82, 2.24) is 9.88 Å². The largest absolute Gasteiger partial charge is 0.324 e. The topological polar surface area (TPSA) is 45.2 Å². The molecule has 1 unspecified atom stereocenters. The lowest BCUT2D eigenvalue weighted by Gasteiger charge is -2.35. The molecule has 0 saturated carbocycles. The Hall–Kier alpha value is -2.22. The smallest absolute Gasteiger partial charge is 0.312 e. The van der Waals surface area contributed by atoms with E-state index in [-0.39, 0.29) is 12.1 Å². The Balaban J connectivity index is 1.46. The summed E-state index contributed by atoms with van der Waals surface area (Å²) in [4.78, 5) is 22.1. The molecule has 0 fully saturated rings. The maximum atomic E-state index is 13.1. The number of benzene rings is 1. The van der Waals surface area contributed by atoms with Gasteiger partial charge in [0.2, 0.25) is 0 Å². The lowest BCUT2D eigenvalue weighted by atomic mass is 9.99. The number of hydrogen-bond acceptors (Lipinski definition) is 5. The Bertz CT molecular complexity index is 1030. The number of thiophene rings is 2. The molecule has 4 heterocycles. The number of carbonyl (C=O) groups is 1. The Labute approximate surface area is 162 Å². The second-order valence-corrected chi connectivity index (χ2v) is 9.09. The molecule has 26 heavy (non-hydrogen) atoms. The number of rotatable bonds is 2. The molecular weight excluding hydrogens is 382 g/mol. The van der Waals surface area contributed by atoms with Crippen LogP contribution in [-0.4, -0.2) is 22.5 Å². The van der Waals surface area contributed by atoms with Gasteiger partial charge < -0.3 is 4.90 Å². The highest BCUT2D eigenvalue weighted by Crippen LogP contribution is 2.39. The average Bonchev–Trinajstić information content (AvgIpc) is 3.39. The summed E-state index contributed by atoms with van der Waals surface area (Å²) in [7, 11) is 0. The second-order valence-electron chi connectivity index (χ2n) is 6.08. The number of hydrogen-bond donors (Lipinski definition) is 1. The standard InChI is InChI=1S/C19H15N3OS3/c23-19(21-18-20-13-4-1-2-5-15(13)26-18)22-9-7-14-12(8-11-25-14)17(22)16-6-3-10-24-16/h1-6,8,10-11,17H,7,9H2,(H,20,21,23). The van der Waals surface area contributed by atoms with E-state index in [9.17, 15) is 4.79 Å². The molecule has 0 spiro atoms. The van der Waals surface area contributed by atoms with Crippen molar-refractivity contribution in [3.63, 3.8) is 0 Å². The molecule has 7 heteroatoms. The number of aromatic nitrogens is 1. The average molecular weight is 398 g/mol. The van der Waals surface area contributed by atoms with Crippen LogP contribution in [0.3, 0.4) is 0 Å². The number of nitrogens with one attached hydrogen (secondary N) is 1. The van der Waals surface area contributed by atoms with E-state index < -0.39 is 0 Å². The highest BCUT2D eigenvalue weighted by molar-refractivity contribution is 7.22. The van der Waals surface area contributed by atoms with E-state index in [1.54, 1.807) is 22.7 Å². The number of fused-ring (bicyclic) bond motifs is 2. The summed E-state index contributed by atoms with van der Waals surface area (Å²) in [6.45, 7) is 0.715. The summed E-state index contributed by atoms with van der Waals surface area (Å²) >= 11 is 4.99. The summed E-state index contributed by atoms with van der Waals surface area (Å²) in [5, 5.41) is 7.86. The Morgan fingerprint density at radius 3 is 2.88 bits per heavy atom. The number of carbonyl (C=O) groups excluding carboxylic acids is 1. The zero-order valence-corrected chi connectivity index (χ0v) is 16.2. The van der Waals surface area contributed by atoms with Crippen LogP contribution in [0.1, 0.15) is 21.4 Å². The molecule has 1 atom stereocenters. The van der Waals surface area contributed by atoms with E-state index in [0.29, 0.717) is 11.7 Å². The third-order valence-electron chi connectivity index (χ3n) is 4.55. The van der Waals surface area contributed by atoms with Crippen LogP contribution in [0.4, 0.5) is 9.93 Å². The van der Waals surface area contributed by atoms with E-state index in [4.69, 9.17) is 0 Å². The zero-order chi connectivity index (χ0) is 17.5. The van der Waals surface area contributed by atoms with Crippen LogP contribution in [0.5, 0.6) is 0 Å². The quantitative estimate of drug-likeness (QED) is 0.479. The number of amides is 2. The number of urea groups is 1. The van der Waals surface area contributed by atoms with Crippen molar-refractivity contribution in [2.75, 3.05) is 11.9 Å². The van der Waals surface area contributed by atoms with Crippen LogP contribution in [0.2, 0.25) is 0 Å². The Morgan fingerprint density at radius 1 is 1.12 bits per heavy atom. The van der Waals surface area contributed by atoms with Gasteiger partial charge in [-0.1, -0.05) is 29.5 Å². The predicted molar refractivity (Wildman–Crippen MR) is 110 cm³/mol. The minimum atomic E-state index is -0.0840. The van der Waals surface area contributed by atoms with Crippen LogP contribution >= 0.6 is 34.0 Å². The van der Waals surface area contributed by atoms with E-state index in [0.717, 1.165) is 16.6 Å². The van der Waals surface area contributed by atoms with Crippen molar-refractivity contribution in [1.29, 1.82) is 0 Å². The summed E-state index contributed by atoms with van der Waals surface area (Å²) in [5.41, 5.74) is 2.17. The molecule has 1 aromatic carbocycles. The Morgan fingerprint density at radius 2 is 2.04 bits per heavy atom. The van der Waals surface area contributed by atoms with E-state index >= 15 is 0 Å². The van der Waals surface area contributed by atoms with Crippen LogP contribution in [0.25, 0.3) is 10.2 Å². The molecule has 5 rings (SSSR count). The van der Waals surface area contributed by atoms with Gasteiger partial charge in [-0.25, -0.2) is 9.78 Å². The van der Waals surface area contributed by atoms with Crippen molar-refractivity contribution in [3.05, 3.63) is 68.5 Å². The van der Waals surface area contributed by atoms with Crippen molar-refractivity contribution < 1.29 is 4.79 Å². The molecule has 1 aliphatic rings. The fourth-order valence-electron chi connectivity index (χ4n) is 3.38. The molecule has 3 aromatic heterocycles. The van der Waals surface area contributed by atoms with Crippen molar-refractivity contribution in [2.24, 2.45) is 0 Å². The summed E-state index contributed by atoms with van der Waals surface area (Å²) in [6, 6.07) is 14.2. The molecule has 4 aromatic rings. The first-order chi connectivity index (χ1) is 12.8. The van der Waals surface area contributed by atoms with Gasteiger partial charge in [0.15, 0.2) is 5.13 Å². The number of nitrogens with zero attached hydrogens (tertiary/aromatic N) is 2. The van der Waals surface area contributed by atoms with Gasteiger partial charge in [0.1, 0.15) is 0 Å². The van der Waals surface area contributed by atoms with Gasteiger partial charge in [-0.2, -0.15) is 0 Å². The van der Waals surface area contributed by atoms with Gasteiger partial charge in [0, 0.05) is 16.3 Å². The molecule has 0 radical (unpaired) electrons. The fraction of sp³-hybridized carbons (Fsp3) is 0.158.